The smallest absolute Gasteiger partial charge is 0.335 e. The summed E-state index contributed by atoms with van der Waals surface area (Å²) >= 11 is 7.25. The minimum atomic E-state index is -1.12. The summed E-state index contributed by atoms with van der Waals surface area (Å²) in [6.07, 6.45) is 1.69. The van der Waals surface area contributed by atoms with E-state index in [0.717, 1.165) is 11.8 Å². The zero-order valence-corrected chi connectivity index (χ0v) is 21.3. The lowest BCUT2D eigenvalue weighted by Crippen LogP contribution is -2.33. The van der Waals surface area contributed by atoms with Crippen molar-refractivity contribution in [3.8, 4) is 0 Å². The van der Waals surface area contributed by atoms with Gasteiger partial charge >= 0.3 is 5.97 Å². The second kappa shape index (κ2) is 12.4. The molecule has 0 aliphatic carbocycles. The van der Waals surface area contributed by atoms with Gasteiger partial charge in [0.2, 0.25) is 5.91 Å². The molecular weight excluding hydrogens is 502 g/mol. The van der Waals surface area contributed by atoms with Gasteiger partial charge in [0, 0.05) is 12.1 Å². The van der Waals surface area contributed by atoms with Crippen molar-refractivity contribution in [1.82, 2.24) is 20.1 Å². The van der Waals surface area contributed by atoms with Crippen LogP contribution in [0.3, 0.4) is 0 Å². The van der Waals surface area contributed by atoms with Gasteiger partial charge in [-0.1, -0.05) is 61.5 Å². The molecule has 1 unspecified atom stereocenters. The van der Waals surface area contributed by atoms with Crippen LogP contribution in [0.15, 0.2) is 66.3 Å². The fourth-order valence-corrected chi connectivity index (χ4v) is 4.27. The number of rotatable bonds is 11. The number of carbonyl (C=O) groups excluding carboxylic acids is 2. The number of halogens is 1. The van der Waals surface area contributed by atoms with Gasteiger partial charge in [-0.25, -0.2) is 4.79 Å². The Labute approximate surface area is 218 Å². The topological polar surface area (TPSA) is 126 Å². The fraction of sp³-hybridized carbons (Fsp3) is 0.240. The Morgan fingerprint density at radius 1 is 1.14 bits per heavy atom. The van der Waals surface area contributed by atoms with Crippen molar-refractivity contribution in [3.63, 3.8) is 0 Å². The summed E-state index contributed by atoms with van der Waals surface area (Å²) < 4.78 is 1.80. The summed E-state index contributed by atoms with van der Waals surface area (Å²) in [7, 11) is 0. The number of nitrogens with one attached hydrogen (secondary N) is 2. The van der Waals surface area contributed by atoms with E-state index in [1.165, 1.54) is 18.2 Å². The molecule has 1 heterocycles. The molecule has 11 heteroatoms. The number of allylic oxidation sites excluding steroid dienone is 1. The number of hydrogen-bond acceptors (Lipinski definition) is 6. The van der Waals surface area contributed by atoms with Crippen LogP contribution in [-0.4, -0.2) is 43.4 Å². The minimum Gasteiger partial charge on any atom is -0.478 e. The van der Waals surface area contributed by atoms with Crippen LogP contribution in [0.25, 0.3) is 0 Å². The number of nitrogens with zero attached hydrogens (tertiary/aromatic N) is 3. The maximum atomic E-state index is 12.8. The molecule has 188 valence electrons. The van der Waals surface area contributed by atoms with Crippen LogP contribution in [0.2, 0.25) is 5.02 Å². The number of thioether (sulfide) groups is 1. The molecule has 9 nitrogen and oxygen atoms in total. The predicted octanol–water partition coefficient (Wildman–Crippen LogP) is 4.67. The third-order valence-electron chi connectivity index (χ3n) is 5.14. The van der Waals surface area contributed by atoms with Crippen LogP contribution < -0.4 is 10.6 Å². The highest BCUT2D eigenvalue weighted by Gasteiger charge is 2.26. The van der Waals surface area contributed by atoms with Crippen molar-refractivity contribution in [2.75, 3.05) is 11.1 Å². The summed E-state index contributed by atoms with van der Waals surface area (Å²) in [5.41, 5.74) is 0.753. The molecule has 0 saturated heterocycles. The first-order valence-electron chi connectivity index (χ1n) is 11.1. The first-order valence-corrected chi connectivity index (χ1v) is 12.4. The van der Waals surface area contributed by atoms with Crippen molar-refractivity contribution in [2.24, 2.45) is 5.92 Å². The van der Waals surface area contributed by atoms with Crippen LogP contribution in [0.4, 0.5) is 5.69 Å². The van der Waals surface area contributed by atoms with Crippen molar-refractivity contribution in [1.29, 1.82) is 0 Å². The Balaban J connectivity index is 1.75. The molecule has 36 heavy (non-hydrogen) atoms. The van der Waals surface area contributed by atoms with Gasteiger partial charge in [-0.05, 0) is 36.2 Å². The molecule has 0 aliphatic rings. The number of benzene rings is 2. The van der Waals surface area contributed by atoms with Crippen molar-refractivity contribution in [2.45, 2.75) is 31.6 Å². The summed E-state index contributed by atoms with van der Waals surface area (Å²) in [6, 6.07) is 12.5. The number of amides is 2. The Kier molecular flexibility index (Phi) is 9.26. The minimum absolute atomic E-state index is 0.00926. The third-order valence-corrected chi connectivity index (χ3v) is 6.44. The molecule has 0 spiro atoms. The van der Waals surface area contributed by atoms with E-state index in [0.29, 0.717) is 23.1 Å². The van der Waals surface area contributed by atoms with E-state index in [2.05, 4.69) is 27.4 Å². The zero-order chi connectivity index (χ0) is 26.2. The van der Waals surface area contributed by atoms with E-state index in [9.17, 15) is 14.4 Å². The highest BCUT2D eigenvalue weighted by molar-refractivity contribution is 7.99. The van der Waals surface area contributed by atoms with E-state index in [1.54, 1.807) is 34.9 Å². The monoisotopic (exact) mass is 527 g/mol. The molecule has 3 aromatic rings. The molecular formula is C25H26ClN5O4S. The SMILES string of the molecule is C=CCn1c(SCC(=O)Nc2cc(C(=O)O)ccc2Cl)nnc1C(NC(=O)c1ccccc1)C(C)C. The molecule has 1 atom stereocenters. The largest absolute Gasteiger partial charge is 0.478 e. The van der Waals surface area contributed by atoms with E-state index in [-0.39, 0.29) is 33.9 Å². The molecule has 3 N–H and O–H groups in total. The van der Waals surface area contributed by atoms with Crippen molar-refractivity contribution >= 4 is 46.8 Å². The van der Waals surface area contributed by atoms with E-state index in [1.807, 2.05) is 19.9 Å². The second-order valence-electron chi connectivity index (χ2n) is 8.14. The van der Waals surface area contributed by atoms with Crippen LogP contribution in [0, 0.1) is 5.92 Å². The Morgan fingerprint density at radius 2 is 1.86 bits per heavy atom. The highest BCUT2D eigenvalue weighted by Crippen LogP contribution is 2.27. The van der Waals surface area contributed by atoms with Gasteiger partial charge in [-0.2, -0.15) is 0 Å². The Hall–Kier alpha value is -3.63. The van der Waals surface area contributed by atoms with E-state index < -0.39 is 17.9 Å². The quantitative estimate of drug-likeness (QED) is 0.244. The molecule has 0 bridgehead atoms. The Bertz CT molecular complexity index is 1260. The van der Waals surface area contributed by atoms with E-state index in [4.69, 9.17) is 16.7 Å². The van der Waals surface area contributed by atoms with Crippen LogP contribution in [-0.2, 0) is 11.3 Å². The van der Waals surface area contributed by atoms with Gasteiger partial charge in [0.25, 0.3) is 5.91 Å². The number of aromatic carboxylic acids is 1. The molecule has 1 aromatic heterocycles. The zero-order valence-electron chi connectivity index (χ0n) is 19.8. The van der Waals surface area contributed by atoms with Gasteiger partial charge in [0.1, 0.15) is 0 Å². The van der Waals surface area contributed by atoms with E-state index >= 15 is 0 Å². The third kappa shape index (κ3) is 6.73. The Morgan fingerprint density at radius 3 is 2.50 bits per heavy atom. The summed E-state index contributed by atoms with van der Waals surface area (Å²) in [4.78, 5) is 36.6. The normalized spacial score (nSPS) is 11.7. The van der Waals surface area contributed by atoms with Gasteiger partial charge in [-0.15, -0.1) is 16.8 Å². The number of anilines is 1. The lowest BCUT2D eigenvalue weighted by molar-refractivity contribution is -0.113. The standard InChI is InChI=1S/C25H26ClN5O4S/c1-4-12-31-22(21(15(2)3)28-23(33)16-8-6-5-7-9-16)29-30-25(31)36-14-20(32)27-19-13-17(24(34)35)10-11-18(19)26/h4-11,13,15,21H,1,12,14H2,2-3H3,(H,27,32)(H,28,33)(H,34,35). The molecule has 0 radical (unpaired) electrons. The number of carboxylic acid groups (broad SMARTS) is 1. The first-order chi connectivity index (χ1) is 17.2. The molecule has 2 amide bonds. The second-order valence-corrected chi connectivity index (χ2v) is 9.49. The van der Waals surface area contributed by atoms with Gasteiger partial charge in [0.05, 0.1) is 28.1 Å². The summed E-state index contributed by atoms with van der Waals surface area (Å²) in [5.74, 6) is -1.20. The molecule has 2 aromatic carbocycles. The number of hydrogen-bond donors (Lipinski definition) is 3. The van der Waals surface area contributed by atoms with Crippen LogP contribution >= 0.6 is 23.4 Å². The number of carboxylic acids is 1. The van der Waals surface area contributed by atoms with Gasteiger partial charge < -0.3 is 20.3 Å². The molecule has 0 fully saturated rings. The average Bonchev–Trinajstić information content (AvgIpc) is 3.25. The molecule has 3 rings (SSSR count). The predicted molar refractivity (Wildman–Crippen MR) is 139 cm³/mol. The lowest BCUT2D eigenvalue weighted by atomic mass is 10.0. The fourth-order valence-electron chi connectivity index (χ4n) is 3.35. The van der Waals surface area contributed by atoms with Crippen LogP contribution in [0.5, 0.6) is 0 Å². The van der Waals surface area contributed by atoms with Gasteiger partial charge in [0.15, 0.2) is 11.0 Å². The average molecular weight is 528 g/mol. The number of aromatic nitrogens is 3. The van der Waals surface area contributed by atoms with Crippen LogP contribution in [0.1, 0.15) is 46.4 Å². The molecule has 0 aliphatic heterocycles. The van der Waals surface area contributed by atoms with Crippen molar-refractivity contribution in [3.05, 3.63) is 83.2 Å². The summed E-state index contributed by atoms with van der Waals surface area (Å²) in [6.45, 7) is 8.12. The van der Waals surface area contributed by atoms with Crippen molar-refractivity contribution < 1.29 is 19.5 Å². The summed E-state index contributed by atoms with van der Waals surface area (Å²) in [5, 5.41) is 24.1. The highest BCUT2D eigenvalue weighted by atomic mass is 35.5. The molecule has 0 saturated carbocycles. The number of carbonyl (C=O) groups is 3. The lowest BCUT2D eigenvalue weighted by Gasteiger charge is -2.22. The maximum absolute atomic E-state index is 12.8. The van der Waals surface area contributed by atoms with Gasteiger partial charge in [-0.3, -0.25) is 9.59 Å². The first kappa shape index (κ1) is 27.0. The maximum Gasteiger partial charge on any atom is 0.335 e.